The second-order valence-electron chi connectivity index (χ2n) is 1.98. The van der Waals surface area contributed by atoms with Crippen molar-refractivity contribution in [2.45, 2.75) is 4.84 Å². The standard InChI is InChI=1S/C7H2BrCl3F/c8-5-4(12)2-1-3(6(5)9)7(10)11/h2,7H. The van der Waals surface area contributed by atoms with Gasteiger partial charge in [0.15, 0.2) is 0 Å². The molecule has 0 saturated carbocycles. The number of alkyl halides is 2. The first kappa shape index (κ1) is 10.6. The monoisotopic (exact) mass is 289 g/mol. The van der Waals surface area contributed by atoms with Crippen LogP contribution in [0.15, 0.2) is 10.5 Å². The summed E-state index contributed by atoms with van der Waals surface area (Å²) in [4.78, 5) is -0.797. The van der Waals surface area contributed by atoms with Crippen molar-refractivity contribution in [1.29, 1.82) is 0 Å². The minimum atomic E-state index is -0.797. The third kappa shape index (κ3) is 2.05. The highest BCUT2D eigenvalue weighted by Crippen LogP contribution is 2.36. The first-order valence-corrected chi connectivity index (χ1v) is 4.91. The molecule has 12 heavy (non-hydrogen) atoms. The molecule has 0 unspecified atom stereocenters. The van der Waals surface area contributed by atoms with Crippen molar-refractivity contribution in [3.05, 3.63) is 33.0 Å². The van der Waals surface area contributed by atoms with Gasteiger partial charge in [-0.25, -0.2) is 4.39 Å². The number of hydrogen-bond acceptors (Lipinski definition) is 0. The molecule has 0 aliphatic rings. The van der Waals surface area contributed by atoms with Crippen LogP contribution in [0, 0.1) is 11.9 Å². The lowest BCUT2D eigenvalue weighted by atomic mass is 10.2. The van der Waals surface area contributed by atoms with Crippen LogP contribution in [0.3, 0.4) is 0 Å². The molecule has 0 N–H and O–H groups in total. The maximum Gasteiger partial charge on any atom is 0.139 e. The number of rotatable bonds is 1. The van der Waals surface area contributed by atoms with Gasteiger partial charge in [-0.15, -0.1) is 0 Å². The van der Waals surface area contributed by atoms with Gasteiger partial charge in [-0.1, -0.05) is 34.8 Å². The number of halogens is 5. The molecular weight excluding hydrogens is 289 g/mol. The summed E-state index contributed by atoms with van der Waals surface area (Å²) in [5, 5.41) is 0.157. The van der Waals surface area contributed by atoms with E-state index in [0.29, 0.717) is 5.56 Å². The van der Waals surface area contributed by atoms with Crippen LogP contribution >= 0.6 is 50.7 Å². The van der Waals surface area contributed by atoms with Crippen molar-refractivity contribution in [2.75, 3.05) is 0 Å². The molecule has 1 radical (unpaired) electrons. The van der Waals surface area contributed by atoms with E-state index in [0.717, 1.165) is 6.07 Å². The Bertz CT molecular complexity index is 301. The number of benzene rings is 1. The Balaban J connectivity index is 3.27. The Labute approximate surface area is 92.7 Å². The molecule has 1 aromatic rings. The molecular formula is C7H2BrCl3F. The molecule has 0 nitrogen and oxygen atoms in total. The van der Waals surface area contributed by atoms with Crippen molar-refractivity contribution in [3.63, 3.8) is 0 Å². The van der Waals surface area contributed by atoms with Crippen LogP contribution in [-0.2, 0) is 0 Å². The Morgan fingerprint density at radius 3 is 2.58 bits per heavy atom. The lowest BCUT2D eigenvalue weighted by Crippen LogP contribution is -1.88. The van der Waals surface area contributed by atoms with Gasteiger partial charge in [0.1, 0.15) is 10.7 Å². The molecule has 0 aliphatic heterocycles. The molecule has 0 saturated heterocycles. The molecule has 0 bridgehead atoms. The van der Waals surface area contributed by atoms with Crippen molar-refractivity contribution >= 4 is 50.7 Å². The van der Waals surface area contributed by atoms with Gasteiger partial charge in [0.2, 0.25) is 0 Å². The van der Waals surface area contributed by atoms with Crippen LogP contribution in [0.4, 0.5) is 4.39 Å². The summed E-state index contributed by atoms with van der Waals surface area (Å²) < 4.78 is 12.9. The maximum atomic E-state index is 12.8. The van der Waals surface area contributed by atoms with E-state index in [-0.39, 0.29) is 9.50 Å². The van der Waals surface area contributed by atoms with Crippen LogP contribution in [0.1, 0.15) is 10.4 Å². The predicted octanol–water partition coefficient (Wildman–Crippen LogP) is 4.52. The Kier molecular flexibility index (Phi) is 3.65. The maximum absolute atomic E-state index is 12.8. The van der Waals surface area contributed by atoms with Gasteiger partial charge in [0.05, 0.1) is 9.50 Å². The first-order chi connectivity index (χ1) is 5.54. The van der Waals surface area contributed by atoms with E-state index in [9.17, 15) is 4.39 Å². The molecule has 0 aromatic heterocycles. The van der Waals surface area contributed by atoms with Crippen LogP contribution in [-0.4, -0.2) is 0 Å². The van der Waals surface area contributed by atoms with Crippen LogP contribution in [0.25, 0.3) is 0 Å². The van der Waals surface area contributed by atoms with Gasteiger partial charge in [0.25, 0.3) is 0 Å². The highest BCUT2D eigenvalue weighted by Gasteiger charge is 2.14. The largest absolute Gasteiger partial charge is 0.206 e. The third-order valence-corrected chi connectivity index (χ3v) is 3.04. The topological polar surface area (TPSA) is 0 Å². The first-order valence-electron chi connectivity index (χ1n) is 2.87. The molecule has 65 valence electrons. The van der Waals surface area contributed by atoms with Gasteiger partial charge in [0, 0.05) is 5.56 Å². The lowest BCUT2D eigenvalue weighted by molar-refractivity contribution is 0.620. The molecule has 0 fully saturated rings. The van der Waals surface area contributed by atoms with Crippen molar-refractivity contribution in [2.24, 2.45) is 0 Å². The summed E-state index contributed by atoms with van der Waals surface area (Å²) in [6, 6.07) is 3.67. The summed E-state index contributed by atoms with van der Waals surface area (Å²) >= 11 is 19.7. The van der Waals surface area contributed by atoms with Crippen LogP contribution in [0.2, 0.25) is 5.02 Å². The smallest absolute Gasteiger partial charge is 0.139 e. The van der Waals surface area contributed by atoms with E-state index in [1.807, 2.05) is 0 Å². The SMILES string of the molecule is Fc1c[c]c(C(Cl)Cl)c(Cl)c1Br. The van der Waals surface area contributed by atoms with E-state index in [4.69, 9.17) is 34.8 Å². The van der Waals surface area contributed by atoms with Gasteiger partial charge in [-0.05, 0) is 28.1 Å². The second kappa shape index (κ2) is 4.14. The molecule has 0 atom stereocenters. The number of hydrogen-bond donors (Lipinski definition) is 0. The molecule has 5 heteroatoms. The normalized spacial score (nSPS) is 10.8. The average molecular weight is 291 g/mol. The van der Waals surface area contributed by atoms with Gasteiger partial charge in [-0.2, -0.15) is 0 Å². The summed E-state index contributed by atoms with van der Waals surface area (Å²) in [6.45, 7) is 0. The Morgan fingerprint density at radius 1 is 1.50 bits per heavy atom. The average Bonchev–Trinajstić information content (AvgIpc) is 2.00. The molecule has 0 spiro atoms. The third-order valence-electron chi connectivity index (χ3n) is 1.21. The molecule has 0 aliphatic carbocycles. The highest BCUT2D eigenvalue weighted by atomic mass is 79.9. The van der Waals surface area contributed by atoms with E-state index >= 15 is 0 Å². The van der Waals surface area contributed by atoms with Crippen molar-refractivity contribution < 1.29 is 4.39 Å². The van der Waals surface area contributed by atoms with Gasteiger partial charge < -0.3 is 0 Å². The Hall–Kier alpha value is 0.500. The van der Waals surface area contributed by atoms with E-state index in [2.05, 4.69) is 22.0 Å². The zero-order chi connectivity index (χ0) is 9.30. The summed E-state index contributed by atoms with van der Waals surface area (Å²) in [7, 11) is 0. The Morgan fingerprint density at radius 2 is 2.08 bits per heavy atom. The van der Waals surface area contributed by atoms with Crippen LogP contribution < -0.4 is 0 Å². The lowest BCUT2D eigenvalue weighted by Gasteiger charge is -2.05. The molecule has 0 amide bonds. The fourth-order valence-electron chi connectivity index (χ4n) is 0.650. The minimum absolute atomic E-state index is 0.157. The van der Waals surface area contributed by atoms with Crippen LogP contribution in [0.5, 0.6) is 0 Å². The summed E-state index contributed by atoms with van der Waals surface area (Å²) in [5.74, 6) is -0.488. The summed E-state index contributed by atoms with van der Waals surface area (Å²) in [5.41, 5.74) is 0.369. The molecule has 0 heterocycles. The quantitative estimate of drug-likeness (QED) is 0.527. The van der Waals surface area contributed by atoms with Gasteiger partial charge in [-0.3, -0.25) is 0 Å². The minimum Gasteiger partial charge on any atom is -0.206 e. The zero-order valence-corrected chi connectivity index (χ0v) is 9.40. The fraction of sp³-hybridized carbons (Fsp3) is 0.143. The summed E-state index contributed by atoms with van der Waals surface area (Å²) in [6.07, 6.45) is 0. The second-order valence-corrected chi connectivity index (χ2v) is 4.25. The molecule has 1 aromatic carbocycles. The van der Waals surface area contributed by atoms with Gasteiger partial charge >= 0.3 is 0 Å². The fourth-order valence-corrected chi connectivity index (χ4v) is 1.69. The van der Waals surface area contributed by atoms with Crippen molar-refractivity contribution in [1.82, 2.24) is 0 Å². The van der Waals surface area contributed by atoms with Crippen molar-refractivity contribution in [3.8, 4) is 0 Å². The van der Waals surface area contributed by atoms with E-state index < -0.39 is 10.7 Å². The predicted molar refractivity (Wildman–Crippen MR) is 52.4 cm³/mol. The van der Waals surface area contributed by atoms with E-state index in [1.54, 1.807) is 0 Å². The molecule has 1 rings (SSSR count). The highest BCUT2D eigenvalue weighted by molar-refractivity contribution is 9.10. The van der Waals surface area contributed by atoms with E-state index in [1.165, 1.54) is 0 Å². The zero-order valence-electron chi connectivity index (χ0n) is 5.54.